The fourth-order valence-corrected chi connectivity index (χ4v) is 3.80. The van der Waals surface area contributed by atoms with Crippen LogP contribution in [-0.2, 0) is 7.05 Å². The molecule has 0 spiro atoms. The van der Waals surface area contributed by atoms with Crippen molar-refractivity contribution < 1.29 is 9.90 Å². The molecule has 2 N–H and O–H groups in total. The highest BCUT2D eigenvalue weighted by Gasteiger charge is 2.18. The lowest BCUT2D eigenvalue weighted by molar-refractivity contribution is 0.0697. The summed E-state index contributed by atoms with van der Waals surface area (Å²) in [6.07, 6.45) is 3.36. The number of hydrogen-bond donors (Lipinski definition) is 2. The summed E-state index contributed by atoms with van der Waals surface area (Å²) >= 11 is 0. The third-order valence-corrected chi connectivity index (χ3v) is 5.76. The first kappa shape index (κ1) is 22.6. The molecule has 2 heterocycles. The molecular formula is C26H24N4O4. The topological polar surface area (TPSA) is 100 Å². The van der Waals surface area contributed by atoms with Gasteiger partial charge in [0, 0.05) is 26.8 Å². The minimum Gasteiger partial charge on any atom is -0.478 e. The summed E-state index contributed by atoms with van der Waals surface area (Å²) in [5.41, 5.74) is 6.08. The van der Waals surface area contributed by atoms with Gasteiger partial charge in [-0.25, -0.2) is 9.48 Å². The highest BCUT2D eigenvalue weighted by atomic mass is 16.4. The summed E-state index contributed by atoms with van der Waals surface area (Å²) in [7, 11) is 5.52. The molecule has 4 aromatic rings. The van der Waals surface area contributed by atoms with Crippen molar-refractivity contribution in [3.05, 3.63) is 97.2 Å². The molecule has 2 aromatic carbocycles. The molecule has 0 saturated heterocycles. The average Bonchev–Trinajstić information content (AvgIpc) is 3.17. The molecule has 0 aliphatic rings. The Labute approximate surface area is 195 Å². The normalized spacial score (nSPS) is 10.7. The predicted molar refractivity (Wildman–Crippen MR) is 134 cm³/mol. The highest BCUT2D eigenvalue weighted by Crippen LogP contribution is 2.18. The lowest BCUT2D eigenvalue weighted by atomic mass is 10.1. The van der Waals surface area contributed by atoms with Crippen LogP contribution in [0.2, 0.25) is 0 Å². The molecule has 4 rings (SSSR count). The van der Waals surface area contributed by atoms with E-state index >= 15 is 0 Å². The Morgan fingerprint density at radius 1 is 1.06 bits per heavy atom. The SMILES string of the molecule is Cc1c(C=C=Cc2ccc(N(C)C)cc2)c(=O)n(C)c2[nH]n(-c3cccc(C(=O)O)c3)c(=O)c12. The van der Waals surface area contributed by atoms with Gasteiger partial charge in [-0.1, -0.05) is 18.2 Å². The number of hydrogen-bond acceptors (Lipinski definition) is 4. The van der Waals surface area contributed by atoms with E-state index in [0.29, 0.717) is 27.8 Å². The minimum absolute atomic E-state index is 0.0565. The number of rotatable bonds is 5. The van der Waals surface area contributed by atoms with Gasteiger partial charge < -0.3 is 10.0 Å². The molecule has 172 valence electrons. The molecule has 0 bridgehead atoms. The number of H-pyrrole nitrogens is 1. The van der Waals surface area contributed by atoms with Crippen molar-refractivity contribution in [2.75, 3.05) is 19.0 Å². The zero-order valence-corrected chi connectivity index (χ0v) is 19.3. The molecule has 2 aromatic heterocycles. The van der Waals surface area contributed by atoms with Gasteiger partial charge >= 0.3 is 5.97 Å². The fraction of sp³-hybridized carbons (Fsp3) is 0.154. The maximum atomic E-state index is 13.3. The number of carboxylic acids is 1. The predicted octanol–water partition coefficient (Wildman–Crippen LogP) is 3.42. The summed E-state index contributed by atoms with van der Waals surface area (Å²) in [5.74, 6) is -1.09. The monoisotopic (exact) mass is 456 g/mol. The summed E-state index contributed by atoms with van der Waals surface area (Å²) in [6.45, 7) is 1.72. The van der Waals surface area contributed by atoms with Gasteiger partial charge in [-0.05, 0) is 60.5 Å². The Kier molecular flexibility index (Phi) is 5.84. The van der Waals surface area contributed by atoms with Crippen LogP contribution in [0.5, 0.6) is 0 Å². The van der Waals surface area contributed by atoms with E-state index in [1.54, 1.807) is 38.3 Å². The summed E-state index contributed by atoms with van der Waals surface area (Å²) in [6, 6.07) is 13.9. The smallest absolute Gasteiger partial charge is 0.335 e. The molecular weight excluding hydrogens is 432 g/mol. The highest BCUT2D eigenvalue weighted by molar-refractivity contribution is 5.88. The quantitative estimate of drug-likeness (QED) is 0.448. The van der Waals surface area contributed by atoms with Crippen LogP contribution in [0.1, 0.15) is 27.0 Å². The average molecular weight is 457 g/mol. The number of aromatic amines is 1. The van der Waals surface area contributed by atoms with Crippen LogP contribution in [0.15, 0.2) is 63.9 Å². The van der Waals surface area contributed by atoms with Gasteiger partial charge in [0.05, 0.1) is 22.2 Å². The van der Waals surface area contributed by atoms with Crippen LogP contribution in [0.3, 0.4) is 0 Å². The maximum Gasteiger partial charge on any atom is 0.335 e. The molecule has 0 unspecified atom stereocenters. The number of pyridine rings is 1. The van der Waals surface area contributed by atoms with Crippen LogP contribution < -0.4 is 16.0 Å². The third-order valence-electron chi connectivity index (χ3n) is 5.76. The Morgan fingerprint density at radius 3 is 2.41 bits per heavy atom. The first-order valence-electron chi connectivity index (χ1n) is 10.6. The van der Waals surface area contributed by atoms with Crippen molar-refractivity contribution in [2.45, 2.75) is 6.92 Å². The van der Waals surface area contributed by atoms with Crippen molar-refractivity contribution in [1.82, 2.24) is 14.3 Å². The largest absolute Gasteiger partial charge is 0.478 e. The van der Waals surface area contributed by atoms with Crippen LogP contribution >= 0.6 is 0 Å². The molecule has 0 amide bonds. The van der Waals surface area contributed by atoms with Gasteiger partial charge in [0.2, 0.25) is 0 Å². The third kappa shape index (κ3) is 3.98. The van der Waals surface area contributed by atoms with Crippen LogP contribution in [-0.4, -0.2) is 39.5 Å². The van der Waals surface area contributed by atoms with Gasteiger partial charge in [0.15, 0.2) is 0 Å². The van der Waals surface area contributed by atoms with Crippen LogP contribution in [0.25, 0.3) is 28.9 Å². The van der Waals surface area contributed by atoms with Crippen LogP contribution in [0.4, 0.5) is 5.69 Å². The van der Waals surface area contributed by atoms with E-state index in [0.717, 1.165) is 11.3 Å². The second-order valence-electron chi connectivity index (χ2n) is 8.18. The Hall–Kier alpha value is -4.55. The van der Waals surface area contributed by atoms with Crippen molar-refractivity contribution in [3.8, 4) is 5.69 Å². The fourth-order valence-electron chi connectivity index (χ4n) is 3.80. The van der Waals surface area contributed by atoms with Crippen molar-refractivity contribution in [1.29, 1.82) is 0 Å². The lowest BCUT2D eigenvalue weighted by Gasteiger charge is -2.11. The van der Waals surface area contributed by atoms with Gasteiger partial charge in [-0.15, -0.1) is 5.73 Å². The number of nitrogens with zero attached hydrogens (tertiary/aromatic N) is 3. The van der Waals surface area contributed by atoms with Crippen LogP contribution in [0, 0.1) is 6.92 Å². The van der Waals surface area contributed by atoms with Crippen molar-refractivity contribution >= 4 is 34.8 Å². The second-order valence-corrected chi connectivity index (χ2v) is 8.18. The molecule has 0 radical (unpaired) electrons. The van der Waals surface area contributed by atoms with E-state index in [1.165, 1.54) is 21.4 Å². The number of anilines is 1. The Bertz CT molecular complexity index is 1600. The number of benzene rings is 2. The van der Waals surface area contributed by atoms with Gasteiger partial charge in [-0.2, -0.15) is 0 Å². The van der Waals surface area contributed by atoms with E-state index in [9.17, 15) is 19.5 Å². The summed E-state index contributed by atoms with van der Waals surface area (Å²) in [4.78, 5) is 39.6. The van der Waals surface area contributed by atoms with Gasteiger partial charge in [0.1, 0.15) is 5.65 Å². The number of aromatic carboxylic acids is 1. The molecule has 0 aliphatic heterocycles. The number of aromatic nitrogens is 3. The van der Waals surface area contributed by atoms with Gasteiger partial charge in [-0.3, -0.25) is 19.3 Å². The number of carbonyl (C=O) groups is 1. The van der Waals surface area contributed by atoms with E-state index in [2.05, 4.69) is 10.8 Å². The molecule has 34 heavy (non-hydrogen) atoms. The first-order valence-corrected chi connectivity index (χ1v) is 10.6. The summed E-state index contributed by atoms with van der Waals surface area (Å²) < 4.78 is 2.62. The first-order chi connectivity index (χ1) is 16.2. The molecule has 0 aliphatic carbocycles. The number of aryl methyl sites for hydroxylation is 2. The van der Waals surface area contributed by atoms with E-state index < -0.39 is 5.97 Å². The molecule has 8 nitrogen and oxygen atoms in total. The second kappa shape index (κ2) is 8.77. The Morgan fingerprint density at radius 2 is 1.76 bits per heavy atom. The molecule has 0 saturated carbocycles. The van der Waals surface area contributed by atoms with Crippen molar-refractivity contribution in [3.63, 3.8) is 0 Å². The standard InChI is InChI=1S/C26H24N4O4/c1-16-21(10-5-7-17-11-13-19(14-12-17)28(2)3)24(31)29(4)23-22(16)25(32)30(27-23)20-9-6-8-18(15-20)26(33)34/h6-15,27H,1-4H3,(H,33,34). The Balaban J connectivity index is 1.82. The lowest BCUT2D eigenvalue weighted by Crippen LogP contribution is -2.22. The number of nitrogens with one attached hydrogen (secondary N) is 1. The van der Waals surface area contributed by atoms with Gasteiger partial charge in [0.25, 0.3) is 11.1 Å². The van der Waals surface area contributed by atoms with E-state index in [-0.39, 0.29) is 16.7 Å². The number of carboxylic acid groups (broad SMARTS) is 1. The van der Waals surface area contributed by atoms with E-state index in [4.69, 9.17) is 0 Å². The molecule has 0 atom stereocenters. The summed E-state index contributed by atoms with van der Waals surface area (Å²) in [5, 5.41) is 12.6. The molecule has 8 heteroatoms. The zero-order chi connectivity index (χ0) is 24.6. The maximum absolute atomic E-state index is 13.3. The van der Waals surface area contributed by atoms with E-state index in [1.807, 2.05) is 43.3 Å². The zero-order valence-electron chi connectivity index (χ0n) is 19.3. The number of fused-ring (bicyclic) bond motifs is 1. The molecule has 0 fully saturated rings. The van der Waals surface area contributed by atoms with Crippen molar-refractivity contribution in [2.24, 2.45) is 7.05 Å². The minimum atomic E-state index is -1.09.